The maximum absolute atomic E-state index is 12.2. The molecule has 1 aliphatic rings. The fourth-order valence-corrected chi connectivity index (χ4v) is 3.04. The van der Waals surface area contributed by atoms with Crippen molar-refractivity contribution in [2.75, 3.05) is 6.54 Å². The van der Waals surface area contributed by atoms with Gasteiger partial charge in [0.25, 0.3) is 5.91 Å². The summed E-state index contributed by atoms with van der Waals surface area (Å²) in [6.07, 6.45) is -1.56. The van der Waals surface area contributed by atoms with Crippen LogP contribution in [-0.4, -0.2) is 46.3 Å². The Bertz CT molecular complexity index is 899. The summed E-state index contributed by atoms with van der Waals surface area (Å²) in [4.78, 5) is 25.3. The first-order chi connectivity index (χ1) is 13.9. The number of halogens is 4. The van der Waals surface area contributed by atoms with Crippen LogP contribution in [0.25, 0.3) is 11.5 Å². The topological polar surface area (TPSA) is 104 Å². The van der Waals surface area contributed by atoms with E-state index in [1.165, 1.54) is 6.26 Å². The Morgan fingerprint density at radius 1 is 1.37 bits per heavy atom. The van der Waals surface area contributed by atoms with E-state index in [2.05, 4.69) is 29.5 Å². The number of nitrogens with zero attached hydrogens (tertiary/aromatic N) is 1. The molecule has 7 nitrogen and oxygen atoms in total. The predicted molar refractivity (Wildman–Crippen MR) is 103 cm³/mol. The van der Waals surface area contributed by atoms with Gasteiger partial charge in [0.15, 0.2) is 5.69 Å². The Morgan fingerprint density at radius 3 is 2.53 bits per heavy atom. The lowest BCUT2D eigenvalue weighted by Crippen LogP contribution is -2.43. The van der Waals surface area contributed by atoms with E-state index in [0.717, 1.165) is 12.8 Å². The number of rotatable bonds is 4. The van der Waals surface area contributed by atoms with Gasteiger partial charge in [-0.2, -0.15) is 13.2 Å². The average molecular weight is 448 g/mol. The second kappa shape index (κ2) is 9.48. The van der Waals surface area contributed by atoms with Crippen molar-refractivity contribution < 1.29 is 32.3 Å². The molecule has 0 radical (unpaired) electrons. The third-order valence-electron chi connectivity index (χ3n) is 4.31. The van der Waals surface area contributed by atoms with Crippen LogP contribution < -0.4 is 10.6 Å². The third kappa shape index (κ3) is 6.74. The molecule has 3 N–H and O–H groups in total. The summed E-state index contributed by atoms with van der Waals surface area (Å²) in [5.74, 6) is -2.65. The molecule has 1 amide bonds. The lowest BCUT2D eigenvalue weighted by molar-refractivity contribution is -0.192. The van der Waals surface area contributed by atoms with Crippen LogP contribution in [0, 0.1) is 0 Å². The van der Waals surface area contributed by atoms with Gasteiger partial charge in [0.1, 0.15) is 6.26 Å². The molecule has 164 valence electrons. The Morgan fingerprint density at radius 2 is 2.00 bits per heavy atom. The standard InChI is InChI=1S/C17H20ClN3O2.C2HF3O2/c1-17(2)8-7-11(21-17)9-19-15(22)14-10-23-16(20-14)12-5-3-4-6-13(12)18;3-2(4,5)1(6)7/h3-6,10-11,21H,7-9H2,1-2H3,(H,19,22);(H,6,7). The number of amides is 1. The number of benzene rings is 1. The van der Waals surface area contributed by atoms with Gasteiger partial charge in [-0.3, -0.25) is 4.79 Å². The molecular weight excluding hydrogens is 427 g/mol. The molecule has 11 heteroatoms. The van der Waals surface area contributed by atoms with Crippen LogP contribution in [0.2, 0.25) is 5.02 Å². The van der Waals surface area contributed by atoms with E-state index in [0.29, 0.717) is 29.1 Å². The van der Waals surface area contributed by atoms with Crippen LogP contribution in [0.1, 0.15) is 37.2 Å². The average Bonchev–Trinajstić information content (AvgIpc) is 3.26. The van der Waals surface area contributed by atoms with Crippen LogP contribution in [0.15, 0.2) is 34.9 Å². The Hall–Kier alpha value is -2.59. The van der Waals surface area contributed by atoms with E-state index < -0.39 is 12.1 Å². The van der Waals surface area contributed by atoms with Gasteiger partial charge in [0.2, 0.25) is 5.89 Å². The summed E-state index contributed by atoms with van der Waals surface area (Å²) < 4.78 is 37.1. The minimum Gasteiger partial charge on any atom is -0.475 e. The predicted octanol–water partition coefficient (Wildman–Crippen LogP) is 3.89. The van der Waals surface area contributed by atoms with Crippen LogP contribution in [0.5, 0.6) is 0 Å². The molecule has 2 aromatic rings. The Balaban J connectivity index is 0.000000396. The van der Waals surface area contributed by atoms with Crippen molar-refractivity contribution in [1.82, 2.24) is 15.6 Å². The monoisotopic (exact) mass is 447 g/mol. The highest BCUT2D eigenvalue weighted by Crippen LogP contribution is 2.26. The fraction of sp³-hybridized carbons (Fsp3) is 0.421. The van der Waals surface area contributed by atoms with E-state index in [-0.39, 0.29) is 17.1 Å². The van der Waals surface area contributed by atoms with Gasteiger partial charge in [0, 0.05) is 18.1 Å². The molecule has 1 aromatic heterocycles. The second-order valence-corrected chi connectivity index (χ2v) is 7.70. The van der Waals surface area contributed by atoms with Crippen molar-refractivity contribution in [3.63, 3.8) is 0 Å². The maximum atomic E-state index is 12.2. The van der Waals surface area contributed by atoms with Gasteiger partial charge in [-0.15, -0.1) is 0 Å². The zero-order chi connectivity index (χ0) is 22.5. The van der Waals surface area contributed by atoms with E-state index in [9.17, 15) is 18.0 Å². The van der Waals surface area contributed by atoms with Crippen LogP contribution in [0.4, 0.5) is 13.2 Å². The summed E-state index contributed by atoms with van der Waals surface area (Å²) in [7, 11) is 0. The number of carbonyl (C=O) groups excluding carboxylic acids is 1. The molecular formula is C19H21ClF3N3O4. The number of oxazole rings is 1. The zero-order valence-electron chi connectivity index (χ0n) is 16.2. The molecule has 0 bridgehead atoms. The lowest BCUT2D eigenvalue weighted by atomic mass is 10.0. The fourth-order valence-electron chi connectivity index (χ4n) is 2.83. The van der Waals surface area contributed by atoms with Crippen molar-refractivity contribution in [2.24, 2.45) is 0 Å². The summed E-state index contributed by atoms with van der Waals surface area (Å²) in [5.41, 5.74) is 1.07. The molecule has 0 aliphatic carbocycles. The first kappa shape index (κ1) is 23.7. The first-order valence-electron chi connectivity index (χ1n) is 8.95. The lowest BCUT2D eigenvalue weighted by Gasteiger charge is -2.20. The number of aliphatic carboxylic acids is 1. The van der Waals surface area contributed by atoms with Gasteiger partial charge in [-0.25, -0.2) is 9.78 Å². The van der Waals surface area contributed by atoms with Crippen molar-refractivity contribution in [3.8, 4) is 11.5 Å². The molecule has 30 heavy (non-hydrogen) atoms. The van der Waals surface area contributed by atoms with Gasteiger partial charge in [0.05, 0.1) is 10.6 Å². The Kier molecular flexibility index (Phi) is 7.49. The van der Waals surface area contributed by atoms with Crippen LogP contribution in [0.3, 0.4) is 0 Å². The number of carboxylic acid groups (broad SMARTS) is 1. The molecule has 3 rings (SSSR count). The molecule has 1 fully saturated rings. The molecule has 1 saturated heterocycles. The van der Waals surface area contributed by atoms with Crippen LogP contribution in [-0.2, 0) is 4.79 Å². The number of carboxylic acids is 1. The summed E-state index contributed by atoms with van der Waals surface area (Å²) in [5, 5.41) is 14.1. The van der Waals surface area contributed by atoms with Crippen molar-refractivity contribution in [3.05, 3.63) is 41.2 Å². The minimum atomic E-state index is -5.08. The van der Waals surface area contributed by atoms with Crippen LogP contribution >= 0.6 is 11.6 Å². The highest BCUT2D eigenvalue weighted by Gasteiger charge is 2.38. The maximum Gasteiger partial charge on any atom is 0.490 e. The van der Waals surface area contributed by atoms with Gasteiger partial charge >= 0.3 is 12.1 Å². The van der Waals surface area contributed by atoms with Crippen molar-refractivity contribution >= 4 is 23.5 Å². The van der Waals surface area contributed by atoms with Crippen molar-refractivity contribution in [2.45, 2.75) is 44.4 Å². The van der Waals surface area contributed by atoms with Gasteiger partial charge in [-0.1, -0.05) is 23.7 Å². The molecule has 2 heterocycles. The summed E-state index contributed by atoms with van der Waals surface area (Å²) in [6.45, 7) is 4.92. The Labute approximate surface area is 175 Å². The SMILES string of the molecule is CC1(C)CCC(CNC(=O)c2coc(-c3ccccc3Cl)n2)N1.O=C(O)C(F)(F)F. The largest absolute Gasteiger partial charge is 0.490 e. The normalized spacial score (nSPS) is 17.7. The summed E-state index contributed by atoms with van der Waals surface area (Å²) >= 11 is 6.11. The molecule has 0 spiro atoms. The quantitative estimate of drug-likeness (QED) is 0.657. The molecule has 0 saturated carbocycles. The van der Waals surface area contributed by atoms with Crippen molar-refractivity contribution in [1.29, 1.82) is 0 Å². The first-order valence-corrected chi connectivity index (χ1v) is 9.33. The number of nitrogens with one attached hydrogen (secondary N) is 2. The van der Waals surface area contributed by atoms with Gasteiger partial charge in [-0.05, 0) is 38.8 Å². The zero-order valence-corrected chi connectivity index (χ0v) is 17.0. The summed E-state index contributed by atoms with van der Waals surface area (Å²) in [6, 6.07) is 7.54. The van der Waals surface area contributed by atoms with E-state index in [1.54, 1.807) is 12.1 Å². The highest BCUT2D eigenvalue weighted by atomic mass is 35.5. The number of carbonyl (C=O) groups is 2. The highest BCUT2D eigenvalue weighted by molar-refractivity contribution is 6.33. The molecule has 1 aromatic carbocycles. The number of hydrogen-bond acceptors (Lipinski definition) is 5. The van der Waals surface area contributed by atoms with E-state index >= 15 is 0 Å². The van der Waals surface area contributed by atoms with E-state index in [1.807, 2.05) is 12.1 Å². The van der Waals surface area contributed by atoms with Gasteiger partial charge < -0.3 is 20.2 Å². The molecule has 1 atom stereocenters. The number of hydrogen-bond donors (Lipinski definition) is 3. The molecule has 1 aliphatic heterocycles. The number of aromatic nitrogens is 1. The smallest absolute Gasteiger partial charge is 0.475 e. The second-order valence-electron chi connectivity index (χ2n) is 7.29. The third-order valence-corrected chi connectivity index (χ3v) is 4.63. The molecule has 1 unspecified atom stereocenters. The number of alkyl halides is 3. The van der Waals surface area contributed by atoms with E-state index in [4.69, 9.17) is 25.9 Å². The minimum absolute atomic E-state index is 0.139.